The molecular weight excluding hydrogens is 490 g/mol. The van der Waals surface area contributed by atoms with Gasteiger partial charge < -0.3 is 14.6 Å². The van der Waals surface area contributed by atoms with Crippen LogP contribution in [0.25, 0.3) is 11.8 Å². The molecule has 1 saturated heterocycles. The van der Waals surface area contributed by atoms with Crippen LogP contribution in [0, 0.1) is 20.8 Å². The zero-order valence-electron chi connectivity index (χ0n) is 21.0. The van der Waals surface area contributed by atoms with Gasteiger partial charge in [-0.15, -0.1) is 0 Å². The molecule has 1 N–H and O–H groups in total. The summed E-state index contributed by atoms with van der Waals surface area (Å²) in [6.45, 7) is 7.44. The van der Waals surface area contributed by atoms with Crippen LogP contribution in [-0.2, 0) is 14.3 Å². The molecule has 0 radical (unpaired) electrons. The Bertz CT molecular complexity index is 1420. The molecule has 37 heavy (non-hydrogen) atoms. The quantitative estimate of drug-likeness (QED) is 0.339. The third-order valence-electron chi connectivity index (χ3n) is 5.88. The lowest BCUT2D eigenvalue weighted by molar-refractivity contribution is -0.127. The minimum Gasteiger partial charge on any atom is -0.462 e. The average Bonchev–Trinajstić information content (AvgIpc) is 3.29. The summed E-state index contributed by atoms with van der Waals surface area (Å²) in [5, 5.41) is 2.22. The van der Waals surface area contributed by atoms with Crippen LogP contribution in [-0.4, -0.2) is 45.6 Å². The highest BCUT2D eigenvalue weighted by atomic mass is 32.2. The number of hydrogen-bond donors (Lipinski definition) is 1. The van der Waals surface area contributed by atoms with Gasteiger partial charge in [0.15, 0.2) is 0 Å². The number of hydrogen-bond acceptors (Lipinski definition) is 6. The van der Waals surface area contributed by atoms with E-state index in [-0.39, 0.29) is 18.1 Å². The van der Waals surface area contributed by atoms with Crippen LogP contribution < -0.4 is 5.32 Å². The summed E-state index contributed by atoms with van der Waals surface area (Å²) >= 11 is 0.806. The molecule has 190 valence electrons. The molecule has 4 rings (SSSR count). The lowest BCUT2D eigenvalue weighted by Crippen LogP contribution is -2.36. The first-order valence-corrected chi connectivity index (χ1v) is 12.6. The zero-order valence-corrected chi connectivity index (χ0v) is 21.8. The van der Waals surface area contributed by atoms with Crippen LogP contribution >= 0.6 is 11.8 Å². The fourth-order valence-electron chi connectivity index (χ4n) is 4.08. The number of aryl methyl sites for hydroxylation is 2. The van der Waals surface area contributed by atoms with Gasteiger partial charge in [-0.1, -0.05) is 23.8 Å². The fraction of sp³-hybridized carbons (Fsp3) is 0.214. The molecule has 8 nitrogen and oxygen atoms in total. The van der Waals surface area contributed by atoms with Crippen molar-refractivity contribution in [3.05, 3.63) is 87.6 Å². The van der Waals surface area contributed by atoms with Crippen LogP contribution in [0.15, 0.2) is 59.5 Å². The molecule has 1 fully saturated rings. The van der Waals surface area contributed by atoms with E-state index in [0.717, 1.165) is 44.9 Å². The number of benzene rings is 2. The van der Waals surface area contributed by atoms with Crippen molar-refractivity contribution in [2.75, 3.05) is 18.5 Å². The first-order chi connectivity index (χ1) is 17.7. The molecule has 0 unspecified atom stereocenters. The van der Waals surface area contributed by atoms with E-state index in [2.05, 4.69) is 5.32 Å². The second-order valence-corrected chi connectivity index (χ2v) is 9.61. The number of ether oxygens (including phenoxy) is 1. The standard InChI is InChI=1S/C28H27N3O5S/c1-5-36-27(34)20-7-6-8-23(14-20)31-18(3)13-21(19(31)4)15-24-26(33)30(28(35)37-24)16-25(32)29-22-11-9-17(2)10-12-22/h6-15H,5,16H2,1-4H3,(H,29,32)/b24-15-. The van der Waals surface area contributed by atoms with Gasteiger partial charge in [-0.2, -0.15) is 0 Å². The van der Waals surface area contributed by atoms with Crippen molar-refractivity contribution >= 4 is 46.5 Å². The van der Waals surface area contributed by atoms with E-state index in [0.29, 0.717) is 11.3 Å². The Labute approximate surface area is 219 Å². The molecule has 1 aromatic heterocycles. The molecule has 0 aliphatic carbocycles. The molecule has 0 saturated carbocycles. The largest absolute Gasteiger partial charge is 0.462 e. The number of aromatic nitrogens is 1. The molecule has 1 aliphatic heterocycles. The minimum absolute atomic E-state index is 0.244. The number of anilines is 1. The third kappa shape index (κ3) is 5.67. The fourth-order valence-corrected chi connectivity index (χ4v) is 4.91. The Kier molecular flexibility index (Phi) is 7.63. The van der Waals surface area contributed by atoms with Crippen molar-refractivity contribution in [3.63, 3.8) is 0 Å². The first-order valence-electron chi connectivity index (χ1n) is 11.8. The number of carbonyl (C=O) groups excluding carboxylic acids is 4. The highest BCUT2D eigenvalue weighted by Gasteiger charge is 2.36. The lowest BCUT2D eigenvalue weighted by Gasteiger charge is -2.12. The number of carbonyl (C=O) groups is 4. The smallest absolute Gasteiger partial charge is 0.338 e. The lowest BCUT2D eigenvalue weighted by atomic mass is 10.2. The number of nitrogens with one attached hydrogen (secondary N) is 1. The second-order valence-electron chi connectivity index (χ2n) is 8.61. The Morgan fingerprint density at radius 3 is 2.46 bits per heavy atom. The number of rotatable bonds is 7. The van der Waals surface area contributed by atoms with E-state index in [1.165, 1.54) is 0 Å². The summed E-state index contributed by atoms with van der Waals surface area (Å²) in [6.07, 6.45) is 1.66. The van der Waals surface area contributed by atoms with Gasteiger partial charge in [0.2, 0.25) is 5.91 Å². The summed E-state index contributed by atoms with van der Waals surface area (Å²) < 4.78 is 7.07. The number of nitrogens with zero attached hydrogens (tertiary/aromatic N) is 2. The van der Waals surface area contributed by atoms with E-state index in [1.807, 2.05) is 49.6 Å². The Balaban J connectivity index is 1.53. The van der Waals surface area contributed by atoms with Crippen LogP contribution in [0.3, 0.4) is 0 Å². The molecule has 3 amide bonds. The maximum Gasteiger partial charge on any atom is 0.338 e. The van der Waals surface area contributed by atoms with Gasteiger partial charge in [-0.25, -0.2) is 4.79 Å². The summed E-state index contributed by atoms with van der Waals surface area (Å²) in [6, 6.07) is 16.3. The van der Waals surface area contributed by atoms with Crippen molar-refractivity contribution in [1.29, 1.82) is 0 Å². The van der Waals surface area contributed by atoms with Gasteiger partial charge in [-0.3, -0.25) is 19.3 Å². The summed E-state index contributed by atoms with van der Waals surface area (Å²) in [5.41, 5.74) is 5.36. The topological polar surface area (TPSA) is 97.7 Å². The SMILES string of the molecule is CCOC(=O)c1cccc(-n2c(C)cc(/C=C3\SC(=O)N(CC(=O)Nc4ccc(C)cc4)C3=O)c2C)c1. The highest BCUT2D eigenvalue weighted by Crippen LogP contribution is 2.34. The molecule has 2 aromatic carbocycles. The van der Waals surface area contributed by atoms with Crippen molar-refractivity contribution < 1.29 is 23.9 Å². The summed E-state index contributed by atoms with van der Waals surface area (Å²) in [4.78, 5) is 51.4. The van der Waals surface area contributed by atoms with Crippen molar-refractivity contribution in [3.8, 4) is 5.69 Å². The number of esters is 1. The maximum atomic E-state index is 13.0. The molecule has 1 aliphatic rings. The minimum atomic E-state index is -0.511. The van der Waals surface area contributed by atoms with Crippen molar-refractivity contribution in [1.82, 2.24) is 9.47 Å². The Morgan fingerprint density at radius 1 is 1.03 bits per heavy atom. The van der Waals surface area contributed by atoms with E-state index in [4.69, 9.17) is 4.74 Å². The van der Waals surface area contributed by atoms with Gasteiger partial charge in [0.25, 0.3) is 11.1 Å². The van der Waals surface area contributed by atoms with Crippen molar-refractivity contribution in [2.24, 2.45) is 0 Å². The Hall–Kier alpha value is -4.11. The van der Waals surface area contributed by atoms with E-state index in [9.17, 15) is 19.2 Å². The second kappa shape index (κ2) is 10.9. The molecule has 0 spiro atoms. The molecular formula is C28H27N3O5S. The Morgan fingerprint density at radius 2 is 1.76 bits per heavy atom. The van der Waals surface area contributed by atoms with Gasteiger partial charge in [0, 0.05) is 22.8 Å². The van der Waals surface area contributed by atoms with E-state index < -0.39 is 23.0 Å². The van der Waals surface area contributed by atoms with Gasteiger partial charge in [-0.05, 0) is 87.5 Å². The molecule has 3 aromatic rings. The predicted octanol–water partition coefficient (Wildman–Crippen LogP) is 5.25. The van der Waals surface area contributed by atoms with Crippen molar-refractivity contribution in [2.45, 2.75) is 27.7 Å². The maximum absolute atomic E-state index is 13.0. The van der Waals surface area contributed by atoms with E-state index >= 15 is 0 Å². The number of thioether (sulfide) groups is 1. The predicted molar refractivity (Wildman–Crippen MR) is 144 cm³/mol. The van der Waals surface area contributed by atoms with Crippen LogP contribution in [0.1, 0.15) is 39.8 Å². The molecule has 0 atom stereocenters. The van der Waals surface area contributed by atoms with Gasteiger partial charge >= 0.3 is 5.97 Å². The normalized spacial score (nSPS) is 14.4. The van der Waals surface area contributed by atoms with Crippen LogP contribution in [0.5, 0.6) is 0 Å². The van der Waals surface area contributed by atoms with Crippen LogP contribution in [0.2, 0.25) is 0 Å². The molecule has 2 heterocycles. The highest BCUT2D eigenvalue weighted by molar-refractivity contribution is 8.18. The van der Waals surface area contributed by atoms with Crippen LogP contribution in [0.4, 0.5) is 10.5 Å². The zero-order chi connectivity index (χ0) is 26.7. The number of imide groups is 1. The monoisotopic (exact) mass is 517 g/mol. The molecule has 0 bridgehead atoms. The van der Waals surface area contributed by atoms with Gasteiger partial charge in [0.1, 0.15) is 6.54 Å². The average molecular weight is 518 g/mol. The molecule has 9 heteroatoms. The number of amides is 3. The third-order valence-corrected chi connectivity index (χ3v) is 6.79. The first kappa shape index (κ1) is 26.0. The summed E-state index contributed by atoms with van der Waals surface area (Å²) in [5.74, 6) is -1.36. The van der Waals surface area contributed by atoms with E-state index in [1.54, 1.807) is 43.3 Å². The summed E-state index contributed by atoms with van der Waals surface area (Å²) in [7, 11) is 0. The van der Waals surface area contributed by atoms with Gasteiger partial charge in [0.05, 0.1) is 17.1 Å².